The summed E-state index contributed by atoms with van der Waals surface area (Å²) < 4.78 is 38.5. The maximum Gasteiger partial charge on any atom is 0.337 e. The maximum atomic E-state index is 14.4. The van der Waals surface area contributed by atoms with E-state index in [4.69, 9.17) is 9.47 Å². The predicted molar refractivity (Wildman–Crippen MR) is 98.4 cm³/mol. The summed E-state index contributed by atoms with van der Waals surface area (Å²) in [6.07, 6.45) is 0. The summed E-state index contributed by atoms with van der Waals surface area (Å²) in [4.78, 5) is 27.5. The van der Waals surface area contributed by atoms with Crippen LogP contribution in [0.3, 0.4) is 0 Å². The first-order valence-electron chi connectivity index (χ1n) is 8.57. The van der Waals surface area contributed by atoms with Gasteiger partial charge in [-0.1, -0.05) is 6.07 Å². The summed E-state index contributed by atoms with van der Waals surface area (Å²) >= 11 is 0. The second kappa shape index (κ2) is 7.46. The van der Waals surface area contributed by atoms with E-state index < -0.39 is 23.6 Å². The lowest BCUT2D eigenvalue weighted by Crippen LogP contribution is -2.46. The number of benzene rings is 2. The lowest BCUT2D eigenvalue weighted by Gasteiger charge is -2.39. The number of rotatable bonds is 4. The molecule has 2 aromatic carbocycles. The Morgan fingerprint density at radius 1 is 1.14 bits per heavy atom. The average Bonchev–Trinajstić information content (AvgIpc) is 2.69. The number of nitrogens with zero attached hydrogens (tertiary/aromatic N) is 2. The first-order valence-corrected chi connectivity index (χ1v) is 8.57. The molecule has 2 aromatic rings. The van der Waals surface area contributed by atoms with Gasteiger partial charge in [-0.3, -0.25) is 4.90 Å². The van der Waals surface area contributed by atoms with E-state index in [1.165, 1.54) is 30.1 Å². The molecule has 0 saturated heterocycles. The lowest BCUT2D eigenvalue weighted by molar-refractivity contribution is 0.0600. The number of halogens is 2. The molecule has 1 unspecified atom stereocenters. The minimum atomic E-state index is -0.823. The lowest BCUT2D eigenvalue weighted by atomic mass is 9.98. The summed E-state index contributed by atoms with van der Waals surface area (Å²) in [5.41, 5.74) is 1.13. The fraction of sp³-hybridized carbons (Fsp3) is 0.300. The van der Waals surface area contributed by atoms with Gasteiger partial charge in [0.15, 0.2) is 0 Å². The Morgan fingerprint density at radius 3 is 2.36 bits per heavy atom. The summed E-state index contributed by atoms with van der Waals surface area (Å²) in [6, 6.07) is 6.23. The van der Waals surface area contributed by atoms with Gasteiger partial charge in [-0.2, -0.15) is 0 Å². The topological polar surface area (TPSA) is 59.1 Å². The highest BCUT2D eigenvalue weighted by Gasteiger charge is 2.34. The number of urea groups is 1. The third kappa shape index (κ3) is 3.26. The molecule has 1 aliphatic heterocycles. The number of carbonyl (C=O) groups excluding carboxylic acids is 2. The van der Waals surface area contributed by atoms with Crippen LogP contribution >= 0.6 is 0 Å². The van der Waals surface area contributed by atoms with Crippen molar-refractivity contribution in [2.75, 3.05) is 26.2 Å². The van der Waals surface area contributed by atoms with Gasteiger partial charge in [0.25, 0.3) is 0 Å². The van der Waals surface area contributed by atoms with E-state index in [0.29, 0.717) is 5.69 Å². The zero-order valence-corrected chi connectivity index (χ0v) is 16.0. The molecule has 0 fully saturated rings. The fourth-order valence-corrected chi connectivity index (χ4v) is 3.20. The highest BCUT2D eigenvalue weighted by Crippen LogP contribution is 2.38. The van der Waals surface area contributed by atoms with Gasteiger partial charge >= 0.3 is 12.0 Å². The predicted octanol–water partition coefficient (Wildman–Crippen LogP) is 3.89. The van der Waals surface area contributed by atoms with Gasteiger partial charge in [0.1, 0.15) is 17.4 Å². The highest BCUT2D eigenvalue weighted by atomic mass is 19.1. The summed E-state index contributed by atoms with van der Waals surface area (Å²) in [7, 11) is 4.17. The summed E-state index contributed by atoms with van der Waals surface area (Å²) in [6.45, 7) is 1.50. The van der Waals surface area contributed by atoms with E-state index in [1.54, 1.807) is 19.2 Å². The number of esters is 1. The number of amides is 2. The van der Waals surface area contributed by atoms with Crippen LogP contribution in [0.2, 0.25) is 0 Å². The zero-order valence-electron chi connectivity index (χ0n) is 16.0. The quantitative estimate of drug-likeness (QED) is 0.743. The first-order chi connectivity index (χ1) is 13.3. The standard InChI is InChI=1S/C20H20F2N2O4/c1-11-14-6-5-12(19(25)28-4)7-18(14)24(20(26)23(11)2)10-15-16(21)8-13(27-3)9-17(15)22/h5-9,11H,10H2,1-4H3. The Kier molecular flexibility index (Phi) is 5.22. The molecule has 148 valence electrons. The number of hydrogen-bond acceptors (Lipinski definition) is 4. The maximum absolute atomic E-state index is 14.4. The smallest absolute Gasteiger partial charge is 0.337 e. The average molecular weight is 390 g/mol. The third-order valence-electron chi connectivity index (χ3n) is 4.97. The van der Waals surface area contributed by atoms with Crippen molar-refractivity contribution >= 4 is 17.7 Å². The van der Waals surface area contributed by atoms with Crippen molar-refractivity contribution in [1.29, 1.82) is 0 Å². The van der Waals surface area contributed by atoms with Crippen LogP contribution in [0.15, 0.2) is 30.3 Å². The Labute approximate surface area is 161 Å². The van der Waals surface area contributed by atoms with Crippen molar-refractivity contribution in [3.63, 3.8) is 0 Å². The Balaban J connectivity index is 2.10. The van der Waals surface area contributed by atoms with E-state index in [2.05, 4.69) is 0 Å². The molecule has 8 heteroatoms. The van der Waals surface area contributed by atoms with Crippen molar-refractivity contribution in [2.45, 2.75) is 19.5 Å². The van der Waals surface area contributed by atoms with Crippen LogP contribution < -0.4 is 9.64 Å². The Morgan fingerprint density at radius 2 is 1.79 bits per heavy atom. The number of methoxy groups -OCH3 is 2. The molecule has 0 bridgehead atoms. The number of fused-ring (bicyclic) bond motifs is 1. The van der Waals surface area contributed by atoms with Gasteiger partial charge in [0, 0.05) is 24.7 Å². The van der Waals surface area contributed by atoms with Crippen molar-refractivity contribution in [3.05, 3.63) is 58.7 Å². The van der Waals surface area contributed by atoms with E-state index in [9.17, 15) is 18.4 Å². The molecule has 6 nitrogen and oxygen atoms in total. The number of anilines is 1. The van der Waals surface area contributed by atoms with Crippen LogP contribution in [-0.2, 0) is 11.3 Å². The minimum Gasteiger partial charge on any atom is -0.497 e. The van der Waals surface area contributed by atoms with Gasteiger partial charge in [-0.05, 0) is 24.6 Å². The van der Waals surface area contributed by atoms with Crippen molar-refractivity contribution in [3.8, 4) is 5.75 Å². The molecular weight excluding hydrogens is 370 g/mol. The molecule has 3 rings (SSSR count). The number of hydrogen-bond donors (Lipinski definition) is 0. The van der Waals surface area contributed by atoms with Gasteiger partial charge in [0.05, 0.1) is 38.1 Å². The van der Waals surface area contributed by atoms with E-state index in [1.807, 2.05) is 6.92 Å². The Hall–Kier alpha value is -3.16. The molecule has 1 aliphatic rings. The minimum absolute atomic E-state index is 0.0443. The molecule has 0 radical (unpaired) electrons. The second-order valence-electron chi connectivity index (χ2n) is 6.49. The summed E-state index contributed by atoms with van der Waals surface area (Å²) in [5.74, 6) is -2.17. The van der Waals surface area contributed by atoms with Crippen LogP contribution in [0.5, 0.6) is 5.75 Å². The van der Waals surface area contributed by atoms with Crippen molar-refractivity contribution in [2.24, 2.45) is 0 Å². The molecule has 0 saturated carbocycles. The van der Waals surface area contributed by atoms with E-state index in [-0.39, 0.29) is 29.5 Å². The number of ether oxygens (including phenoxy) is 2. The van der Waals surface area contributed by atoms with Crippen LogP contribution in [-0.4, -0.2) is 38.2 Å². The molecule has 1 heterocycles. The van der Waals surface area contributed by atoms with Crippen LogP contribution in [0.25, 0.3) is 0 Å². The summed E-state index contributed by atoms with van der Waals surface area (Å²) in [5, 5.41) is 0. The van der Waals surface area contributed by atoms with Crippen molar-refractivity contribution in [1.82, 2.24) is 4.90 Å². The molecular formula is C20H20F2N2O4. The normalized spacial score (nSPS) is 16.1. The molecule has 2 amide bonds. The van der Waals surface area contributed by atoms with Gasteiger partial charge < -0.3 is 14.4 Å². The molecule has 0 N–H and O–H groups in total. The highest BCUT2D eigenvalue weighted by molar-refractivity contribution is 5.98. The number of carbonyl (C=O) groups is 2. The largest absolute Gasteiger partial charge is 0.497 e. The SMILES string of the molecule is COC(=O)c1ccc2c(c1)N(Cc1c(F)cc(OC)cc1F)C(=O)N(C)C2C. The van der Waals surface area contributed by atoms with Gasteiger partial charge in [0.2, 0.25) is 0 Å². The van der Waals surface area contributed by atoms with Crippen LogP contribution in [0, 0.1) is 11.6 Å². The second-order valence-corrected chi connectivity index (χ2v) is 6.49. The third-order valence-corrected chi connectivity index (χ3v) is 4.97. The van der Waals surface area contributed by atoms with Crippen molar-refractivity contribution < 1.29 is 27.8 Å². The fourth-order valence-electron chi connectivity index (χ4n) is 3.20. The van der Waals surface area contributed by atoms with E-state index in [0.717, 1.165) is 17.7 Å². The first kappa shape index (κ1) is 19.6. The van der Waals surface area contributed by atoms with Crippen LogP contribution in [0.1, 0.15) is 34.5 Å². The molecule has 0 aromatic heterocycles. The molecule has 1 atom stereocenters. The Bertz CT molecular complexity index is 925. The monoisotopic (exact) mass is 390 g/mol. The van der Waals surface area contributed by atoms with Crippen LogP contribution in [0.4, 0.5) is 19.3 Å². The van der Waals surface area contributed by atoms with E-state index >= 15 is 0 Å². The molecule has 28 heavy (non-hydrogen) atoms. The van der Waals surface area contributed by atoms with Gasteiger partial charge in [-0.25, -0.2) is 18.4 Å². The van der Waals surface area contributed by atoms with Gasteiger partial charge in [-0.15, -0.1) is 0 Å². The molecule has 0 spiro atoms. The zero-order chi connectivity index (χ0) is 20.6. The molecule has 0 aliphatic carbocycles.